The van der Waals surface area contributed by atoms with Crippen LogP contribution in [0.1, 0.15) is 11.1 Å². The molecule has 0 aliphatic rings. The SMILES string of the molecule is Clc1cccc(Cl)c1COc1cccc(/C=N/Nc2ccccc2)c1. The third kappa shape index (κ3) is 4.99. The predicted octanol–water partition coefficient (Wildman–Crippen LogP) is 6.02. The minimum Gasteiger partial charge on any atom is -0.489 e. The maximum absolute atomic E-state index is 6.16. The molecule has 0 aliphatic carbocycles. The van der Waals surface area contributed by atoms with Crippen LogP contribution in [0, 0.1) is 0 Å². The summed E-state index contributed by atoms with van der Waals surface area (Å²) in [6.07, 6.45) is 1.74. The molecule has 3 rings (SSSR count). The molecule has 0 heterocycles. The van der Waals surface area contributed by atoms with Crippen molar-refractivity contribution in [1.29, 1.82) is 0 Å². The number of anilines is 1. The van der Waals surface area contributed by atoms with E-state index in [1.54, 1.807) is 18.3 Å². The third-order valence-electron chi connectivity index (χ3n) is 3.48. The molecule has 0 spiro atoms. The lowest BCUT2D eigenvalue weighted by Crippen LogP contribution is -1.98. The Kier molecular flexibility index (Phi) is 5.94. The lowest BCUT2D eigenvalue weighted by atomic mass is 10.2. The zero-order valence-corrected chi connectivity index (χ0v) is 14.8. The Morgan fingerprint density at radius 3 is 2.36 bits per heavy atom. The van der Waals surface area contributed by atoms with Gasteiger partial charge in [0.15, 0.2) is 0 Å². The molecule has 0 bridgehead atoms. The Bertz CT molecular complexity index is 846. The molecule has 0 aromatic heterocycles. The van der Waals surface area contributed by atoms with Crippen molar-refractivity contribution in [2.24, 2.45) is 5.10 Å². The molecule has 1 N–H and O–H groups in total. The van der Waals surface area contributed by atoms with Crippen LogP contribution in [0.2, 0.25) is 10.0 Å². The van der Waals surface area contributed by atoms with Crippen LogP contribution in [0.15, 0.2) is 77.9 Å². The molecular formula is C20H16Cl2N2O. The van der Waals surface area contributed by atoms with Gasteiger partial charge in [0.05, 0.1) is 11.9 Å². The number of hydrazone groups is 1. The molecule has 0 radical (unpaired) electrons. The molecule has 25 heavy (non-hydrogen) atoms. The highest BCUT2D eigenvalue weighted by Gasteiger charge is 2.06. The zero-order valence-electron chi connectivity index (χ0n) is 13.3. The summed E-state index contributed by atoms with van der Waals surface area (Å²) in [5.41, 5.74) is 5.61. The lowest BCUT2D eigenvalue weighted by Gasteiger charge is -2.09. The van der Waals surface area contributed by atoms with Crippen LogP contribution < -0.4 is 10.2 Å². The summed E-state index contributed by atoms with van der Waals surface area (Å²) in [6.45, 7) is 0.307. The van der Waals surface area contributed by atoms with Crippen molar-refractivity contribution in [3.05, 3.63) is 94.0 Å². The van der Waals surface area contributed by atoms with E-state index in [9.17, 15) is 0 Å². The van der Waals surface area contributed by atoms with Crippen molar-refractivity contribution in [2.45, 2.75) is 6.61 Å². The van der Waals surface area contributed by atoms with Crippen LogP contribution in [0.25, 0.3) is 0 Å². The highest BCUT2D eigenvalue weighted by atomic mass is 35.5. The van der Waals surface area contributed by atoms with E-state index in [0.29, 0.717) is 16.7 Å². The van der Waals surface area contributed by atoms with E-state index in [-0.39, 0.29) is 0 Å². The molecule has 0 unspecified atom stereocenters. The molecule has 5 heteroatoms. The first-order chi connectivity index (χ1) is 12.2. The first-order valence-electron chi connectivity index (χ1n) is 7.72. The third-order valence-corrected chi connectivity index (χ3v) is 4.19. The van der Waals surface area contributed by atoms with Crippen molar-refractivity contribution < 1.29 is 4.74 Å². The summed E-state index contributed by atoms with van der Waals surface area (Å²) in [6, 6.07) is 22.8. The van der Waals surface area contributed by atoms with E-state index in [0.717, 1.165) is 22.6 Å². The molecule has 0 aliphatic heterocycles. The van der Waals surface area contributed by atoms with E-state index < -0.39 is 0 Å². The number of rotatable bonds is 6. The van der Waals surface area contributed by atoms with E-state index in [1.165, 1.54) is 0 Å². The van der Waals surface area contributed by atoms with Gasteiger partial charge in [-0.15, -0.1) is 0 Å². The fourth-order valence-corrected chi connectivity index (χ4v) is 2.71. The smallest absolute Gasteiger partial charge is 0.120 e. The summed E-state index contributed by atoms with van der Waals surface area (Å²) in [5.74, 6) is 0.722. The van der Waals surface area contributed by atoms with Crippen LogP contribution >= 0.6 is 23.2 Å². The Morgan fingerprint density at radius 1 is 0.880 bits per heavy atom. The van der Waals surface area contributed by atoms with Crippen LogP contribution in [-0.2, 0) is 6.61 Å². The Labute approximate surface area is 156 Å². The summed E-state index contributed by atoms with van der Waals surface area (Å²) < 4.78 is 5.81. The number of halogens is 2. The van der Waals surface area contributed by atoms with E-state index >= 15 is 0 Å². The largest absolute Gasteiger partial charge is 0.489 e. The minimum absolute atomic E-state index is 0.307. The van der Waals surface area contributed by atoms with Gasteiger partial charge in [-0.3, -0.25) is 5.43 Å². The number of nitrogens with zero attached hydrogens (tertiary/aromatic N) is 1. The summed E-state index contributed by atoms with van der Waals surface area (Å²) >= 11 is 12.3. The van der Waals surface area contributed by atoms with Crippen molar-refractivity contribution in [3.8, 4) is 5.75 Å². The highest BCUT2D eigenvalue weighted by Crippen LogP contribution is 2.26. The molecule has 3 nitrogen and oxygen atoms in total. The summed E-state index contributed by atoms with van der Waals surface area (Å²) in [5, 5.41) is 5.42. The maximum Gasteiger partial charge on any atom is 0.120 e. The minimum atomic E-state index is 0.307. The van der Waals surface area contributed by atoms with Crippen molar-refractivity contribution in [1.82, 2.24) is 0 Å². The standard InChI is InChI=1S/C20H16Cl2N2O/c21-19-10-5-11-20(22)18(19)14-25-17-9-4-6-15(12-17)13-23-24-16-7-2-1-3-8-16/h1-13,24H,14H2/b23-13+. The molecule has 0 saturated heterocycles. The second-order valence-corrected chi connectivity index (χ2v) is 6.11. The van der Waals surface area contributed by atoms with Crippen LogP contribution in [0.4, 0.5) is 5.69 Å². The average molecular weight is 371 g/mol. The number of hydrogen-bond donors (Lipinski definition) is 1. The van der Waals surface area contributed by atoms with E-state index in [1.807, 2.05) is 60.7 Å². The second kappa shape index (κ2) is 8.56. The predicted molar refractivity (Wildman–Crippen MR) is 105 cm³/mol. The second-order valence-electron chi connectivity index (χ2n) is 5.30. The van der Waals surface area contributed by atoms with Gasteiger partial charge in [-0.1, -0.05) is 59.6 Å². The van der Waals surface area contributed by atoms with Gasteiger partial charge in [0, 0.05) is 15.6 Å². The molecule has 0 saturated carbocycles. The van der Waals surface area contributed by atoms with Gasteiger partial charge in [0.2, 0.25) is 0 Å². The van der Waals surface area contributed by atoms with Gasteiger partial charge >= 0.3 is 0 Å². The van der Waals surface area contributed by atoms with Gasteiger partial charge in [-0.25, -0.2) is 0 Å². The first-order valence-corrected chi connectivity index (χ1v) is 8.48. The quantitative estimate of drug-likeness (QED) is 0.425. The number of hydrogen-bond acceptors (Lipinski definition) is 3. The normalized spacial score (nSPS) is 10.8. The van der Waals surface area contributed by atoms with Gasteiger partial charge in [-0.2, -0.15) is 5.10 Å². The maximum atomic E-state index is 6.16. The highest BCUT2D eigenvalue weighted by molar-refractivity contribution is 6.35. The summed E-state index contributed by atoms with van der Waals surface area (Å²) in [4.78, 5) is 0. The van der Waals surface area contributed by atoms with E-state index in [2.05, 4.69) is 10.5 Å². The Morgan fingerprint density at radius 2 is 1.60 bits per heavy atom. The van der Waals surface area contributed by atoms with Gasteiger partial charge < -0.3 is 4.74 Å². The molecular weight excluding hydrogens is 355 g/mol. The average Bonchev–Trinajstić information content (AvgIpc) is 2.63. The van der Waals surface area contributed by atoms with E-state index in [4.69, 9.17) is 27.9 Å². The van der Waals surface area contributed by atoms with Crippen LogP contribution in [0.5, 0.6) is 5.75 Å². The van der Waals surface area contributed by atoms with Crippen molar-refractivity contribution in [2.75, 3.05) is 5.43 Å². The van der Waals surface area contributed by atoms with Gasteiger partial charge in [0.25, 0.3) is 0 Å². The van der Waals surface area contributed by atoms with Crippen molar-refractivity contribution in [3.63, 3.8) is 0 Å². The fraction of sp³-hybridized carbons (Fsp3) is 0.0500. The van der Waals surface area contributed by atoms with Crippen LogP contribution in [-0.4, -0.2) is 6.21 Å². The van der Waals surface area contributed by atoms with Gasteiger partial charge in [-0.05, 0) is 42.0 Å². The number of para-hydroxylation sites is 1. The number of nitrogens with one attached hydrogen (secondary N) is 1. The number of ether oxygens (including phenoxy) is 1. The number of benzene rings is 3. The molecule has 0 fully saturated rings. The molecule has 0 atom stereocenters. The monoisotopic (exact) mass is 370 g/mol. The fourth-order valence-electron chi connectivity index (χ4n) is 2.20. The van der Waals surface area contributed by atoms with Gasteiger partial charge in [0.1, 0.15) is 12.4 Å². The lowest BCUT2D eigenvalue weighted by molar-refractivity contribution is 0.306. The Balaban J connectivity index is 1.63. The Hall–Kier alpha value is -2.49. The first kappa shape index (κ1) is 17.3. The molecule has 0 amide bonds. The zero-order chi connectivity index (χ0) is 17.5. The molecule has 3 aromatic rings. The van der Waals surface area contributed by atoms with Crippen LogP contribution in [0.3, 0.4) is 0 Å². The van der Waals surface area contributed by atoms with Crippen molar-refractivity contribution >= 4 is 35.1 Å². The molecule has 3 aromatic carbocycles. The summed E-state index contributed by atoms with van der Waals surface area (Å²) in [7, 11) is 0. The topological polar surface area (TPSA) is 33.6 Å². The molecule has 126 valence electrons.